The average molecular weight is 267 g/mol. The molecule has 17 heavy (non-hydrogen) atoms. The van der Waals surface area contributed by atoms with Gasteiger partial charge < -0.3 is 10.4 Å². The third kappa shape index (κ3) is 2.53. The number of carbonyl (C=O) groups is 2. The molecule has 4 nitrogen and oxygen atoms in total. The van der Waals surface area contributed by atoms with Crippen LogP contribution in [0.4, 0.5) is 8.78 Å². The number of carboxylic acids is 1. The summed E-state index contributed by atoms with van der Waals surface area (Å²) < 4.78 is 25.7. The van der Waals surface area contributed by atoms with Crippen LogP contribution in [0.2, 0.25) is 0 Å². The Morgan fingerprint density at radius 3 is 2.29 bits per heavy atom. The number of alkyl halides is 2. The lowest BCUT2D eigenvalue weighted by Crippen LogP contribution is -2.42. The Kier molecular flexibility index (Phi) is 4.35. The summed E-state index contributed by atoms with van der Waals surface area (Å²) in [7, 11) is 0. The molecule has 3 atom stereocenters. The molecule has 0 aromatic heterocycles. The molecule has 2 fully saturated rings. The van der Waals surface area contributed by atoms with Gasteiger partial charge in [-0.2, -0.15) is 12.6 Å². The first-order valence-electron chi connectivity index (χ1n) is 5.23. The van der Waals surface area contributed by atoms with Gasteiger partial charge in [-0.1, -0.05) is 0 Å². The molecule has 98 valence electrons. The van der Waals surface area contributed by atoms with E-state index >= 15 is 0 Å². The number of fused-ring (bicyclic) bond motifs is 1. The fraction of sp³-hybridized carbons (Fsp3) is 0.800. The molecule has 7 heteroatoms. The minimum atomic E-state index is -2.60. The van der Waals surface area contributed by atoms with E-state index in [2.05, 4.69) is 17.9 Å². The second-order valence-corrected chi connectivity index (χ2v) is 4.22. The van der Waals surface area contributed by atoms with E-state index in [1.54, 1.807) is 6.26 Å². The van der Waals surface area contributed by atoms with Gasteiger partial charge in [-0.25, -0.2) is 13.6 Å². The summed E-state index contributed by atoms with van der Waals surface area (Å²) in [6, 6.07) is -1.02. The highest BCUT2D eigenvalue weighted by Crippen LogP contribution is 2.66. The summed E-state index contributed by atoms with van der Waals surface area (Å²) in [5.41, 5.74) is 0. The minimum absolute atomic E-state index is 0.190. The monoisotopic (exact) mass is 267 g/mol. The van der Waals surface area contributed by atoms with Crippen LogP contribution in [-0.2, 0) is 9.59 Å². The van der Waals surface area contributed by atoms with E-state index in [0.717, 1.165) is 0 Å². The second kappa shape index (κ2) is 5.20. The van der Waals surface area contributed by atoms with Crippen molar-refractivity contribution in [1.82, 2.24) is 5.32 Å². The Morgan fingerprint density at radius 2 is 1.94 bits per heavy atom. The molecule has 0 aromatic carbocycles. The first-order chi connectivity index (χ1) is 7.98. The zero-order valence-corrected chi connectivity index (χ0v) is 10.2. The van der Waals surface area contributed by atoms with Gasteiger partial charge >= 0.3 is 5.97 Å². The molecule has 3 unspecified atom stereocenters. The number of thiol groups is 1. The molecule has 0 saturated heterocycles. The maximum absolute atomic E-state index is 12.8. The van der Waals surface area contributed by atoms with Crippen LogP contribution in [0.5, 0.6) is 0 Å². The van der Waals surface area contributed by atoms with Crippen LogP contribution in [0, 0.1) is 17.8 Å². The quantitative estimate of drug-likeness (QED) is 0.526. The van der Waals surface area contributed by atoms with Crippen molar-refractivity contribution in [2.24, 2.45) is 17.8 Å². The Labute approximate surface area is 103 Å². The molecule has 0 bridgehead atoms. The number of halogens is 2. The summed E-state index contributed by atoms with van der Waals surface area (Å²) in [4.78, 5) is 20.9. The van der Waals surface area contributed by atoms with Gasteiger partial charge in [-0.05, 0) is 25.0 Å². The van der Waals surface area contributed by atoms with E-state index in [1.807, 2.05) is 0 Å². The normalized spacial score (nSPS) is 33.8. The largest absolute Gasteiger partial charge is 0.480 e. The summed E-state index contributed by atoms with van der Waals surface area (Å²) in [5.74, 6) is -5.45. The van der Waals surface area contributed by atoms with Gasteiger partial charge in [-0.15, -0.1) is 0 Å². The molecule has 2 aliphatic rings. The average Bonchev–Trinajstić information content (AvgIpc) is 2.71. The lowest BCUT2D eigenvalue weighted by Gasteiger charge is -2.20. The van der Waals surface area contributed by atoms with Crippen LogP contribution in [0.15, 0.2) is 0 Å². The lowest BCUT2D eigenvalue weighted by molar-refractivity contribution is -0.142. The fourth-order valence-electron chi connectivity index (χ4n) is 2.61. The lowest BCUT2D eigenvalue weighted by atomic mass is 9.94. The van der Waals surface area contributed by atoms with Gasteiger partial charge in [0.25, 0.3) is 5.92 Å². The summed E-state index contributed by atoms with van der Waals surface area (Å²) >= 11 is 3.53. The molecule has 0 radical (unpaired) electrons. The number of hydrogen-bond donors (Lipinski definition) is 3. The van der Waals surface area contributed by atoms with Gasteiger partial charge in [0, 0.05) is 11.8 Å². The number of nitrogens with one attached hydrogen (secondary N) is 1. The van der Waals surface area contributed by atoms with Crippen molar-refractivity contribution in [3.8, 4) is 0 Å². The third-order valence-electron chi connectivity index (χ3n) is 3.46. The number of rotatable bonds is 4. The molecular formula is C10H15F2NO3S. The number of amides is 1. The van der Waals surface area contributed by atoms with Gasteiger partial charge in [0.1, 0.15) is 6.04 Å². The number of aliphatic carboxylic acids is 1. The highest BCUT2D eigenvalue weighted by Gasteiger charge is 2.72. The molecule has 2 rings (SSSR count). The Balaban J connectivity index is 0.000000686. The van der Waals surface area contributed by atoms with Crippen LogP contribution >= 0.6 is 12.6 Å². The van der Waals surface area contributed by atoms with Gasteiger partial charge in [0.2, 0.25) is 6.41 Å². The third-order valence-corrected chi connectivity index (χ3v) is 3.46. The van der Waals surface area contributed by atoms with Gasteiger partial charge in [0.05, 0.1) is 0 Å². The zero-order valence-electron chi connectivity index (χ0n) is 9.27. The van der Waals surface area contributed by atoms with E-state index in [9.17, 15) is 18.4 Å². The number of hydrogen-bond acceptors (Lipinski definition) is 3. The molecule has 2 N–H and O–H groups in total. The molecule has 2 aliphatic carbocycles. The minimum Gasteiger partial charge on any atom is -0.480 e. The first kappa shape index (κ1) is 14.2. The molecule has 0 aliphatic heterocycles. The van der Waals surface area contributed by atoms with Crippen molar-refractivity contribution < 1.29 is 23.5 Å². The van der Waals surface area contributed by atoms with E-state index in [-0.39, 0.29) is 18.8 Å². The van der Waals surface area contributed by atoms with Crippen molar-refractivity contribution >= 4 is 25.0 Å². The molecule has 1 amide bonds. The van der Waals surface area contributed by atoms with Gasteiger partial charge in [-0.3, -0.25) is 4.79 Å². The fourth-order valence-corrected chi connectivity index (χ4v) is 2.61. The van der Waals surface area contributed by atoms with Crippen LogP contribution < -0.4 is 5.32 Å². The summed E-state index contributed by atoms with van der Waals surface area (Å²) in [6.45, 7) is 0. The topological polar surface area (TPSA) is 66.4 Å². The van der Waals surface area contributed by atoms with Crippen molar-refractivity contribution in [3.05, 3.63) is 0 Å². The summed E-state index contributed by atoms with van der Waals surface area (Å²) in [5, 5.41) is 11.0. The van der Waals surface area contributed by atoms with E-state index < -0.39 is 29.8 Å². The van der Waals surface area contributed by atoms with Crippen molar-refractivity contribution in [2.45, 2.75) is 24.8 Å². The Hall–Kier alpha value is -0.850. The number of carboxylic acid groups (broad SMARTS) is 1. The maximum Gasteiger partial charge on any atom is 0.326 e. The van der Waals surface area contributed by atoms with E-state index in [4.69, 9.17) is 5.11 Å². The SMILES string of the molecule is CS.O=CNC(C(=O)O)C1CC2C(C1)C2(F)F. The van der Waals surface area contributed by atoms with Crippen molar-refractivity contribution in [1.29, 1.82) is 0 Å². The van der Waals surface area contributed by atoms with Crippen LogP contribution in [0.25, 0.3) is 0 Å². The molecule has 0 spiro atoms. The molecular weight excluding hydrogens is 252 g/mol. The zero-order chi connectivity index (χ0) is 13.2. The Bertz CT molecular complexity index is 300. The van der Waals surface area contributed by atoms with Crippen molar-refractivity contribution in [2.75, 3.05) is 6.26 Å². The highest BCUT2D eigenvalue weighted by atomic mass is 32.1. The molecule has 0 heterocycles. The second-order valence-electron chi connectivity index (χ2n) is 4.22. The standard InChI is InChI=1S/C9H11F2NO3.CH4S/c10-9(11)5-1-4(2-6(5)9)7(8(14)15)12-3-13;1-2/h3-7H,1-2H2,(H,12,13)(H,14,15);2H,1H3. The molecule has 2 saturated carbocycles. The van der Waals surface area contributed by atoms with Crippen LogP contribution in [-0.4, -0.2) is 35.7 Å². The Morgan fingerprint density at radius 1 is 1.47 bits per heavy atom. The van der Waals surface area contributed by atoms with E-state index in [1.165, 1.54) is 0 Å². The predicted octanol–water partition coefficient (Wildman–Crippen LogP) is 1.02. The van der Waals surface area contributed by atoms with Crippen LogP contribution in [0.1, 0.15) is 12.8 Å². The smallest absolute Gasteiger partial charge is 0.326 e. The number of carbonyl (C=O) groups excluding carboxylic acids is 1. The first-order valence-corrected chi connectivity index (χ1v) is 6.13. The van der Waals surface area contributed by atoms with Crippen molar-refractivity contribution in [3.63, 3.8) is 0 Å². The molecule has 0 aromatic rings. The van der Waals surface area contributed by atoms with Gasteiger partial charge in [0.15, 0.2) is 0 Å². The predicted molar refractivity (Wildman–Crippen MR) is 60.2 cm³/mol. The van der Waals surface area contributed by atoms with E-state index in [0.29, 0.717) is 6.41 Å². The summed E-state index contributed by atoms with van der Waals surface area (Å²) in [6.07, 6.45) is 2.38. The highest BCUT2D eigenvalue weighted by molar-refractivity contribution is 7.79. The maximum atomic E-state index is 12.8. The van der Waals surface area contributed by atoms with Crippen LogP contribution in [0.3, 0.4) is 0 Å².